The van der Waals surface area contributed by atoms with Crippen LogP contribution < -0.4 is 9.47 Å². The average Bonchev–Trinajstić information content (AvgIpc) is 3.17. The second-order valence-corrected chi connectivity index (χ2v) is 6.13. The molecule has 1 aromatic rings. The Balaban J connectivity index is 1.80. The second kappa shape index (κ2) is 6.44. The van der Waals surface area contributed by atoms with Gasteiger partial charge < -0.3 is 14.4 Å². The van der Waals surface area contributed by atoms with E-state index in [2.05, 4.69) is 9.89 Å². The third-order valence-corrected chi connectivity index (χ3v) is 4.74. The molecule has 2 heterocycles. The lowest BCUT2D eigenvalue weighted by Gasteiger charge is -2.14. The molecule has 1 saturated heterocycles. The first-order chi connectivity index (χ1) is 10.7. The quantitative estimate of drug-likeness (QED) is 0.802. The highest BCUT2D eigenvalue weighted by Gasteiger charge is 2.27. The zero-order valence-electron chi connectivity index (χ0n) is 12.7. The van der Waals surface area contributed by atoms with Crippen molar-refractivity contribution in [2.24, 2.45) is 4.99 Å². The van der Waals surface area contributed by atoms with Crippen LogP contribution in [0.5, 0.6) is 11.5 Å². The van der Waals surface area contributed by atoms with Crippen molar-refractivity contribution in [1.82, 2.24) is 4.90 Å². The van der Waals surface area contributed by atoms with E-state index in [1.54, 1.807) is 14.2 Å². The molecule has 2 aliphatic heterocycles. The molecule has 22 heavy (non-hydrogen) atoms. The summed E-state index contributed by atoms with van der Waals surface area (Å²) in [5.41, 5.74) is 0.895. The lowest BCUT2D eigenvalue weighted by molar-refractivity contribution is -0.113. The van der Waals surface area contributed by atoms with Gasteiger partial charge in [-0.3, -0.25) is 4.79 Å². The highest BCUT2D eigenvalue weighted by Crippen LogP contribution is 2.33. The normalized spacial score (nSPS) is 19.7. The summed E-state index contributed by atoms with van der Waals surface area (Å²) in [5.74, 6) is 1.15. The summed E-state index contributed by atoms with van der Waals surface area (Å²) in [5, 5.41) is 0.828. The lowest BCUT2D eigenvalue weighted by Crippen LogP contribution is -2.23. The fourth-order valence-electron chi connectivity index (χ4n) is 2.54. The Morgan fingerprint density at radius 2 is 1.91 bits per heavy atom. The SMILES string of the molecule is COc1ccc(/C=C2/SC(N3CCCC3)=NC2=O)cc1OC. The third kappa shape index (κ3) is 2.97. The number of aliphatic imine (C=N–C) groups is 1. The zero-order valence-corrected chi connectivity index (χ0v) is 13.5. The molecule has 1 amide bonds. The van der Waals surface area contributed by atoms with Gasteiger partial charge in [0.05, 0.1) is 19.1 Å². The largest absolute Gasteiger partial charge is 0.493 e. The molecule has 3 rings (SSSR count). The Kier molecular flexibility index (Phi) is 4.38. The van der Waals surface area contributed by atoms with Gasteiger partial charge in [-0.25, -0.2) is 0 Å². The molecule has 0 radical (unpaired) electrons. The molecule has 0 unspecified atom stereocenters. The summed E-state index contributed by atoms with van der Waals surface area (Å²) >= 11 is 1.45. The van der Waals surface area contributed by atoms with Crippen molar-refractivity contribution in [3.63, 3.8) is 0 Å². The molecule has 6 heteroatoms. The van der Waals surface area contributed by atoms with E-state index in [0.717, 1.165) is 23.8 Å². The van der Waals surface area contributed by atoms with Crippen LogP contribution in [-0.2, 0) is 4.79 Å². The summed E-state index contributed by atoms with van der Waals surface area (Å²) in [7, 11) is 3.20. The number of amidine groups is 1. The number of carbonyl (C=O) groups excluding carboxylic acids is 1. The van der Waals surface area contributed by atoms with Crippen molar-refractivity contribution in [2.45, 2.75) is 12.8 Å². The fourth-order valence-corrected chi connectivity index (χ4v) is 3.50. The number of benzene rings is 1. The van der Waals surface area contributed by atoms with Gasteiger partial charge in [0.2, 0.25) is 0 Å². The maximum atomic E-state index is 12.1. The molecule has 116 valence electrons. The van der Waals surface area contributed by atoms with Crippen molar-refractivity contribution >= 4 is 28.9 Å². The number of amides is 1. The molecule has 0 atom stereocenters. The Morgan fingerprint density at radius 3 is 2.59 bits per heavy atom. The smallest absolute Gasteiger partial charge is 0.286 e. The van der Waals surface area contributed by atoms with Crippen LogP contribution in [-0.4, -0.2) is 43.3 Å². The predicted molar refractivity (Wildman–Crippen MR) is 88.4 cm³/mol. The van der Waals surface area contributed by atoms with E-state index in [1.807, 2.05) is 24.3 Å². The van der Waals surface area contributed by atoms with Crippen LogP contribution in [0, 0.1) is 0 Å². The van der Waals surface area contributed by atoms with E-state index in [9.17, 15) is 4.79 Å². The van der Waals surface area contributed by atoms with E-state index in [1.165, 1.54) is 24.6 Å². The van der Waals surface area contributed by atoms with E-state index in [-0.39, 0.29) is 5.91 Å². The van der Waals surface area contributed by atoms with Crippen LogP contribution in [0.15, 0.2) is 28.1 Å². The van der Waals surface area contributed by atoms with Crippen LogP contribution in [0.1, 0.15) is 18.4 Å². The van der Waals surface area contributed by atoms with Crippen LogP contribution in [0.25, 0.3) is 6.08 Å². The van der Waals surface area contributed by atoms with Crippen LogP contribution >= 0.6 is 11.8 Å². The van der Waals surface area contributed by atoms with Gasteiger partial charge in [0.1, 0.15) is 0 Å². The minimum Gasteiger partial charge on any atom is -0.493 e. The number of likely N-dealkylation sites (tertiary alicyclic amines) is 1. The molecule has 0 aromatic heterocycles. The Labute approximate surface area is 134 Å². The zero-order chi connectivity index (χ0) is 15.5. The first-order valence-corrected chi connectivity index (χ1v) is 8.02. The van der Waals surface area contributed by atoms with Gasteiger partial charge in [-0.1, -0.05) is 6.07 Å². The van der Waals surface area contributed by atoms with Gasteiger partial charge >= 0.3 is 0 Å². The number of thioether (sulfide) groups is 1. The van der Waals surface area contributed by atoms with Gasteiger partial charge in [-0.2, -0.15) is 4.99 Å². The van der Waals surface area contributed by atoms with Gasteiger partial charge in [0, 0.05) is 13.1 Å². The topological polar surface area (TPSA) is 51.1 Å². The van der Waals surface area contributed by atoms with Gasteiger partial charge in [0.15, 0.2) is 16.7 Å². The van der Waals surface area contributed by atoms with Gasteiger partial charge in [0.25, 0.3) is 5.91 Å². The number of carbonyl (C=O) groups is 1. The fraction of sp³-hybridized carbons (Fsp3) is 0.375. The summed E-state index contributed by atoms with van der Waals surface area (Å²) in [6.07, 6.45) is 4.19. The summed E-state index contributed by atoms with van der Waals surface area (Å²) < 4.78 is 10.5. The molecular weight excluding hydrogens is 300 g/mol. The first kappa shape index (κ1) is 15.0. The number of hydrogen-bond acceptors (Lipinski definition) is 5. The van der Waals surface area contributed by atoms with E-state index < -0.39 is 0 Å². The average molecular weight is 318 g/mol. The molecule has 1 fully saturated rings. The number of methoxy groups -OCH3 is 2. The maximum Gasteiger partial charge on any atom is 0.286 e. The molecule has 0 N–H and O–H groups in total. The monoisotopic (exact) mass is 318 g/mol. The first-order valence-electron chi connectivity index (χ1n) is 7.21. The van der Waals surface area contributed by atoms with Crippen LogP contribution in [0.4, 0.5) is 0 Å². The minimum atomic E-state index is -0.165. The minimum absolute atomic E-state index is 0.165. The lowest BCUT2D eigenvalue weighted by atomic mass is 10.2. The molecule has 1 aromatic carbocycles. The number of rotatable bonds is 3. The second-order valence-electron chi connectivity index (χ2n) is 5.12. The molecular formula is C16H18N2O3S. The predicted octanol–water partition coefficient (Wildman–Crippen LogP) is 2.77. The Hall–Kier alpha value is -1.95. The highest BCUT2D eigenvalue weighted by molar-refractivity contribution is 8.18. The van der Waals surface area contributed by atoms with E-state index in [4.69, 9.17) is 9.47 Å². The van der Waals surface area contributed by atoms with Gasteiger partial charge in [-0.15, -0.1) is 0 Å². The van der Waals surface area contributed by atoms with Crippen LogP contribution in [0.2, 0.25) is 0 Å². The maximum absolute atomic E-state index is 12.1. The summed E-state index contributed by atoms with van der Waals surface area (Å²) in [6, 6.07) is 5.58. The van der Waals surface area contributed by atoms with Crippen LogP contribution in [0.3, 0.4) is 0 Å². The molecule has 2 aliphatic rings. The van der Waals surface area contributed by atoms with Crippen molar-refractivity contribution in [3.05, 3.63) is 28.7 Å². The van der Waals surface area contributed by atoms with Crippen molar-refractivity contribution in [1.29, 1.82) is 0 Å². The standard InChI is InChI=1S/C16H18N2O3S/c1-20-12-6-5-11(9-13(12)21-2)10-14-15(19)17-16(22-14)18-7-3-4-8-18/h5-6,9-10H,3-4,7-8H2,1-2H3/b14-10+. The molecule has 0 bridgehead atoms. The number of ether oxygens (including phenoxy) is 2. The molecule has 0 saturated carbocycles. The third-order valence-electron chi connectivity index (χ3n) is 3.69. The summed E-state index contributed by atoms with van der Waals surface area (Å²) in [6.45, 7) is 1.98. The Morgan fingerprint density at radius 1 is 1.18 bits per heavy atom. The van der Waals surface area contributed by atoms with Crippen molar-refractivity contribution < 1.29 is 14.3 Å². The van der Waals surface area contributed by atoms with Crippen molar-refractivity contribution in [3.8, 4) is 11.5 Å². The Bertz CT molecular complexity index is 649. The number of hydrogen-bond donors (Lipinski definition) is 0. The molecule has 5 nitrogen and oxygen atoms in total. The van der Waals surface area contributed by atoms with E-state index >= 15 is 0 Å². The van der Waals surface area contributed by atoms with E-state index in [0.29, 0.717) is 16.4 Å². The molecule has 0 aliphatic carbocycles. The summed E-state index contributed by atoms with van der Waals surface area (Å²) in [4.78, 5) is 19.1. The highest BCUT2D eigenvalue weighted by atomic mass is 32.2. The van der Waals surface area contributed by atoms with Gasteiger partial charge in [-0.05, 0) is 48.4 Å². The van der Waals surface area contributed by atoms with Crippen molar-refractivity contribution in [2.75, 3.05) is 27.3 Å². The number of nitrogens with zero attached hydrogens (tertiary/aromatic N) is 2. The molecule has 0 spiro atoms.